The zero-order valence-corrected chi connectivity index (χ0v) is 13.0. The maximum Gasteiger partial charge on any atom is 0.138 e. The maximum absolute atomic E-state index is 5.91. The predicted molar refractivity (Wildman–Crippen MR) is 100 cm³/mol. The number of hydrogen-bond donors (Lipinski definition) is 4. The third kappa shape index (κ3) is 2.42. The van der Waals surface area contributed by atoms with Crippen molar-refractivity contribution in [2.75, 3.05) is 17.2 Å². The third-order valence-electron chi connectivity index (χ3n) is 4.09. The van der Waals surface area contributed by atoms with Gasteiger partial charge in [-0.1, -0.05) is 12.1 Å². The summed E-state index contributed by atoms with van der Waals surface area (Å²) in [6.07, 6.45) is 0. The average Bonchev–Trinajstić information content (AvgIpc) is 3.01. The fourth-order valence-corrected chi connectivity index (χ4v) is 2.72. The van der Waals surface area contributed by atoms with Crippen LogP contribution in [0.2, 0.25) is 0 Å². The molecule has 3 aromatic carbocycles. The second-order valence-electron chi connectivity index (χ2n) is 5.78. The maximum atomic E-state index is 5.91. The Balaban J connectivity index is 1.78. The zero-order chi connectivity index (χ0) is 16.7. The Bertz CT molecular complexity index is 1030. The van der Waals surface area contributed by atoms with Crippen LogP contribution in [0.4, 0.5) is 17.1 Å². The molecule has 0 fully saturated rings. The molecule has 118 valence electrons. The molecule has 0 aliphatic rings. The Kier molecular flexibility index (Phi) is 3.13. The van der Waals surface area contributed by atoms with Gasteiger partial charge in [0.1, 0.15) is 5.82 Å². The van der Waals surface area contributed by atoms with Crippen molar-refractivity contribution in [1.29, 1.82) is 0 Å². The minimum Gasteiger partial charge on any atom is -0.399 e. The minimum atomic E-state index is 0.583. The average molecular weight is 315 g/mol. The number of imidazole rings is 1. The Morgan fingerprint density at radius 1 is 0.667 bits per heavy atom. The summed E-state index contributed by atoms with van der Waals surface area (Å²) in [5, 5.41) is 0. The molecule has 1 aromatic heterocycles. The lowest BCUT2D eigenvalue weighted by Gasteiger charge is -2.05. The van der Waals surface area contributed by atoms with Crippen LogP contribution >= 0.6 is 0 Å². The molecule has 5 heteroatoms. The van der Waals surface area contributed by atoms with Crippen LogP contribution in [0, 0.1) is 0 Å². The summed E-state index contributed by atoms with van der Waals surface area (Å²) >= 11 is 0. The molecule has 24 heavy (non-hydrogen) atoms. The first-order valence-corrected chi connectivity index (χ1v) is 7.61. The van der Waals surface area contributed by atoms with Crippen molar-refractivity contribution >= 4 is 28.1 Å². The molecule has 0 amide bonds. The lowest BCUT2D eigenvalue weighted by atomic mass is 10.0. The number of nitrogens with two attached hydrogens (primary N) is 3. The molecule has 0 bridgehead atoms. The number of fused-ring (bicyclic) bond motifs is 1. The van der Waals surface area contributed by atoms with Crippen molar-refractivity contribution in [3.63, 3.8) is 0 Å². The van der Waals surface area contributed by atoms with E-state index in [-0.39, 0.29) is 0 Å². The number of anilines is 3. The van der Waals surface area contributed by atoms with Gasteiger partial charge in [0.15, 0.2) is 0 Å². The molecular formula is C19H17N5. The molecule has 4 aromatic rings. The monoisotopic (exact) mass is 315 g/mol. The molecular weight excluding hydrogens is 298 g/mol. The molecule has 1 heterocycles. The van der Waals surface area contributed by atoms with Crippen LogP contribution in [0.5, 0.6) is 0 Å². The molecule has 7 N–H and O–H groups in total. The van der Waals surface area contributed by atoms with Crippen LogP contribution in [-0.2, 0) is 0 Å². The number of hydrogen-bond acceptors (Lipinski definition) is 4. The second-order valence-corrected chi connectivity index (χ2v) is 5.78. The highest BCUT2D eigenvalue weighted by Crippen LogP contribution is 2.29. The van der Waals surface area contributed by atoms with Gasteiger partial charge < -0.3 is 22.2 Å². The highest BCUT2D eigenvalue weighted by Gasteiger charge is 2.07. The Morgan fingerprint density at radius 3 is 2.08 bits per heavy atom. The van der Waals surface area contributed by atoms with Crippen LogP contribution in [0.3, 0.4) is 0 Å². The van der Waals surface area contributed by atoms with Crippen molar-refractivity contribution in [3.8, 4) is 22.5 Å². The first kappa shape index (κ1) is 14.1. The van der Waals surface area contributed by atoms with E-state index in [4.69, 9.17) is 17.2 Å². The number of nitrogen functional groups attached to an aromatic ring is 3. The van der Waals surface area contributed by atoms with E-state index in [1.807, 2.05) is 54.6 Å². The van der Waals surface area contributed by atoms with E-state index in [0.29, 0.717) is 11.4 Å². The number of aromatic amines is 1. The van der Waals surface area contributed by atoms with Gasteiger partial charge >= 0.3 is 0 Å². The van der Waals surface area contributed by atoms with Gasteiger partial charge in [-0.2, -0.15) is 0 Å². The molecule has 0 saturated carbocycles. The van der Waals surface area contributed by atoms with Gasteiger partial charge in [0.25, 0.3) is 0 Å². The van der Waals surface area contributed by atoms with E-state index in [1.54, 1.807) is 0 Å². The summed E-state index contributed by atoms with van der Waals surface area (Å²) in [6, 6.07) is 19.4. The van der Waals surface area contributed by atoms with Gasteiger partial charge in [-0.05, 0) is 59.7 Å². The van der Waals surface area contributed by atoms with E-state index in [9.17, 15) is 0 Å². The molecule has 4 rings (SSSR count). The standard InChI is InChI=1S/C19H17N5/c20-14-5-1-11(2-6-14)19-23-17-8-4-13(10-18(17)24-19)12-3-7-15(21)16(22)9-12/h1-10H,20-22H2,(H,23,24). The number of nitrogens with one attached hydrogen (secondary N) is 1. The number of rotatable bonds is 2. The third-order valence-corrected chi connectivity index (χ3v) is 4.09. The second kappa shape index (κ2) is 5.31. The first-order chi connectivity index (χ1) is 11.6. The van der Waals surface area contributed by atoms with Gasteiger partial charge in [-0.25, -0.2) is 4.98 Å². The summed E-state index contributed by atoms with van der Waals surface area (Å²) < 4.78 is 0. The van der Waals surface area contributed by atoms with Gasteiger partial charge in [-0.3, -0.25) is 0 Å². The van der Waals surface area contributed by atoms with Crippen molar-refractivity contribution < 1.29 is 0 Å². The topological polar surface area (TPSA) is 107 Å². The van der Waals surface area contributed by atoms with Crippen LogP contribution in [0.25, 0.3) is 33.5 Å². The SMILES string of the molecule is Nc1ccc(-c2nc3ccc(-c4ccc(N)c(N)c4)cc3[nH]2)cc1. The highest BCUT2D eigenvalue weighted by atomic mass is 14.9. The fraction of sp³-hybridized carbons (Fsp3) is 0. The lowest BCUT2D eigenvalue weighted by molar-refractivity contribution is 1.34. The Hall–Kier alpha value is -3.47. The Morgan fingerprint density at radius 2 is 1.33 bits per heavy atom. The number of H-pyrrole nitrogens is 1. The highest BCUT2D eigenvalue weighted by molar-refractivity contribution is 5.85. The largest absolute Gasteiger partial charge is 0.399 e. The summed E-state index contributed by atoms with van der Waals surface area (Å²) in [4.78, 5) is 8.00. The van der Waals surface area contributed by atoms with Gasteiger partial charge in [0.05, 0.1) is 22.4 Å². The quantitative estimate of drug-likeness (QED) is 0.424. The molecule has 0 aliphatic carbocycles. The number of benzene rings is 3. The number of nitrogens with zero attached hydrogens (tertiary/aromatic N) is 1. The zero-order valence-electron chi connectivity index (χ0n) is 13.0. The minimum absolute atomic E-state index is 0.583. The summed E-state index contributed by atoms with van der Waals surface area (Å²) in [6.45, 7) is 0. The summed E-state index contributed by atoms with van der Waals surface area (Å²) in [5.74, 6) is 0.818. The molecule has 0 atom stereocenters. The summed E-state index contributed by atoms with van der Waals surface area (Å²) in [7, 11) is 0. The van der Waals surface area contributed by atoms with Gasteiger partial charge in [-0.15, -0.1) is 0 Å². The van der Waals surface area contributed by atoms with Gasteiger partial charge in [0.2, 0.25) is 0 Å². The molecule has 0 saturated heterocycles. The predicted octanol–water partition coefficient (Wildman–Crippen LogP) is 3.64. The molecule has 5 nitrogen and oxygen atoms in total. The van der Waals surface area contributed by atoms with E-state index >= 15 is 0 Å². The van der Waals surface area contributed by atoms with E-state index in [0.717, 1.165) is 39.2 Å². The Labute approximate surface area is 139 Å². The van der Waals surface area contributed by atoms with Crippen LogP contribution in [0.1, 0.15) is 0 Å². The molecule has 0 aliphatic heterocycles. The van der Waals surface area contributed by atoms with Crippen LogP contribution in [-0.4, -0.2) is 9.97 Å². The van der Waals surface area contributed by atoms with Crippen LogP contribution < -0.4 is 17.2 Å². The first-order valence-electron chi connectivity index (χ1n) is 7.61. The molecule has 0 spiro atoms. The van der Waals surface area contributed by atoms with Crippen molar-refractivity contribution in [2.45, 2.75) is 0 Å². The molecule has 0 radical (unpaired) electrons. The van der Waals surface area contributed by atoms with E-state index in [1.165, 1.54) is 0 Å². The van der Waals surface area contributed by atoms with Crippen molar-refractivity contribution in [2.24, 2.45) is 0 Å². The van der Waals surface area contributed by atoms with Gasteiger partial charge in [0, 0.05) is 11.3 Å². The lowest BCUT2D eigenvalue weighted by Crippen LogP contribution is -1.94. The normalized spacial score (nSPS) is 11.0. The van der Waals surface area contributed by atoms with Crippen LogP contribution in [0.15, 0.2) is 60.7 Å². The number of aromatic nitrogens is 2. The fourth-order valence-electron chi connectivity index (χ4n) is 2.72. The summed E-state index contributed by atoms with van der Waals surface area (Å²) in [5.41, 5.74) is 24.3. The van der Waals surface area contributed by atoms with Crippen molar-refractivity contribution in [1.82, 2.24) is 9.97 Å². The van der Waals surface area contributed by atoms with E-state index in [2.05, 4.69) is 16.0 Å². The molecule has 0 unspecified atom stereocenters. The van der Waals surface area contributed by atoms with Crippen molar-refractivity contribution in [3.05, 3.63) is 60.7 Å². The van der Waals surface area contributed by atoms with E-state index < -0.39 is 0 Å². The smallest absolute Gasteiger partial charge is 0.138 e.